The van der Waals surface area contributed by atoms with Crippen molar-refractivity contribution in [3.63, 3.8) is 0 Å². The molecule has 0 unspecified atom stereocenters. The summed E-state index contributed by atoms with van der Waals surface area (Å²) >= 11 is 1.04. The van der Waals surface area contributed by atoms with Gasteiger partial charge in [0.15, 0.2) is 16.8 Å². The Hall–Kier alpha value is -2.02. The van der Waals surface area contributed by atoms with E-state index in [9.17, 15) is 17.2 Å². The average Bonchev–Trinajstić information content (AvgIpc) is 2.68. The number of halogens is 2. The zero-order valence-electron chi connectivity index (χ0n) is 16.7. The highest BCUT2D eigenvalue weighted by atomic mass is 32.2. The molecule has 0 amide bonds. The van der Waals surface area contributed by atoms with Gasteiger partial charge in [-0.05, 0) is 19.9 Å². The van der Waals surface area contributed by atoms with Gasteiger partial charge in [0.1, 0.15) is 5.82 Å². The first-order chi connectivity index (χ1) is 14.2. The highest BCUT2D eigenvalue weighted by molar-refractivity contribution is 7.98. The molecule has 1 aromatic carbocycles. The monoisotopic (exact) mass is 459 g/mol. The zero-order chi connectivity index (χ0) is 21.9. The van der Waals surface area contributed by atoms with Crippen LogP contribution in [-0.4, -0.2) is 55.0 Å². The van der Waals surface area contributed by atoms with Crippen LogP contribution in [0.5, 0.6) is 5.88 Å². The minimum absolute atomic E-state index is 0.0116. The van der Waals surface area contributed by atoms with Crippen LogP contribution >= 0.6 is 11.8 Å². The van der Waals surface area contributed by atoms with Crippen LogP contribution in [0.3, 0.4) is 0 Å². The Morgan fingerprint density at radius 3 is 2.63 bits per heavy atom. The molecule has 3 rings (SSSR count). The minimum Gasteiger partial charge on any atom is -0.481 e. The molecule has 164 valence electrons. The van der Waals surface area contributed by atoms with E-state index in [0.29, 0.717) is 13.1 Å². The second-order valence-corrected chi connectivity index (χ2v) is 9.59. The molecule has 30 heavy (non-hydrogen) atoms. The van der Waals surface area contributed by atoms with Crippen LogP contribution in [0.1, 0.15) is 19.4 Å². The number of hydrogen-bond acceptors (Lipinski definition) is 7. The van der Waals surface area contributed by atoms with Crippen molar-refractivity contribution in [2.45, 2.75) is 36.8 Å². The molecule has 0 bridgehead atoms. The lowest BCUT2D eigenvalue weighted by molar-refractivity contribution is 0.264. The highest BCUT2D eigenvalue weighted by Crippen LogP contribution is 2.26. The lowest BCUT2D eigenvalue weighted by Gasteiger charge is -2.35. The molecule has 0 spiro atoms. The zero-order valence-corrected chi connectivity index (χ0v) is 18.4. The number of nitrogens with zero attached hydrogens (tertiary/aromatic N) is 3. The largest absolute Gasteiger partial charge is 0.481 e. The summed E-state index contributed by atoms with van der Waals surface area (Å²) in [5.41, 5.74) is 0.150. The Morgan fingerprint density at radius 1 is 1.27 bits per heavy atom. The number of rotatable bonds is 7. The fourth-order valence-corrected chi connectivity index (χ4v) is 5.26. The molecule has 0 radical (unpaired) electrons. The van der Waals surface area contributed by atoms with Crippen molar-refractivity contribution >= 4 is 27.8 Å². The van der Waals surface area contributed by atoms with Crippen molar-refractivity contribution < 1.29 is 21.9 Å². The number of anilines is 1. The van der Waals surface area contributed by atoms with Gasteiger partial charge in [0.25, 0.3) is 0 Å². The second kappa shape index (κ2) is 9.41. The summed E-state index contributed by atoms with van der Waals surface area (Å²) in [6.45, 7) is 4.46. The molecule has 0 saturated carbocycles. The topological polar surface area (TPSA) is 96.5 Å². The Labute approximate surface area is 178 Å². The Kier molecular flexibility index (Phi) is 7.11. The van der Waals surface area contributed by atoms with E-state index in [1.165, 1.54) is 29.6 Å². The van der Waals surface area contributed by atoms with Gasteiger partial charge in [0, 0.05) is 42.6 Å². The first-order valence-corrected chi connectivity index (χ1v) is 11.6. The molecule has 12 heteroatoms. The van der Waals surface area contributed by atoms with E-state index in [4.69, 9.17) is 4.74 Å². The average molecular weight is 460 g/mol. The number of benzene rings is 1. The molecule has 1 fully saturated rings. The number of hydrogen-bond donors (Lipinski definition) is 2. The smallest absolute Gasteiger partial charge is 0.302 e. The highest BCUT2D eigenvalue weighted by Gasteiger charge is 2.30. The number of ether oxygens (including phenoxy) is 1. The molecule has 2 heterocycles. The van der Waals surface area contributed by atoms with Crippen LogP contribution in [0.25, 0.3) is 0 Å². The summed E-state index contributed by atoms with van der Waals surface area (Å²) in [6, 6.07) is 5.29. The molecule has 1 aliphatic heterocycles. The van der Waals surface area contributed by atoms with Gasteiger partial charge < -0.3 is 10.1 Å². The van der Waals surface area contributed by atoms with Gasteiger partial charge in [-0.2, -0.15) is 17.7 Å². The molecular formula is C18H23F2N5O3S2. The van der Waals surface area contributed by atoms with Gasteiger partial charge in [0.05, 0.1) is 7.11 Å². The van der Waals surface area contributed by atoms with Crippen molar-refractivity contribution in [2.75, 3.05) is 24.9 Å². The first kappa shape index (κ1) is 22.7. The molecular weight excluding hydrogens is 436 g/mol. The van der Waals surface area contributed by atoms with Crippen LogP contribution in [0, 0.1) is 11.6 Å². The lowest BCUT2D eigenvalue weighted by Crippen LogP contribution is -2.56. The maximum Gasteiger partial charge on any atom is 0.302 e. The summed E-state index contributed by atoms with van der Waals surface area (Å²) in [4.78, 5) is 8.33. The molecule has 0 aliphatic carbocycles. The van der Waals surface area contributed by atoms with Gasteiger partial charge >= 0.3 is 10.2 Å². The molecule has 2 N–H and O–H groups in total. The maximum absolute atomic E-state index is 13.9. The number of methoxy groups -OCH3 is 1. The fourth-order valence-electron chi connectivity index (χ4n) is 3.10. The van der Waals surface area contributed by atoms with Gasteiger partial charge in [-0.15, -0.1) is 0 Å². The van der Waals surface area contributed by atoms with Crippen molar-refractivity contribution in [3.8, 4) is 5.88 Å². The van der Waals surface area contributed by atoms with Crippen molar-refractivity contribution in [1.82, 2.24) is 19.6 Å². The molecule has 1 aromatic heterocycles. The van der Waals surface area contributed by atoms with Crippen LogP contribution < -0.4 is 14.8 Å². The van der Waals surface area contributed by atoms with E-state index < -0.39 is 21.8 Å². The van der Waals surface area contributed by atoms with Crippen molar-refractivity contribution in [1.29, 1.82) is 0 Å². The van der Waals surface area contributed by atoms with Crippen LogP contribution in [0.2, 0.25) is 0 Å². The van der Waals surface area contributed by atoms with E-state index in [1.54, 1.807) is 0 Å². The number of aromatic nitrogens is 2. The van der Waals surface area contributed by atoms with Gasteiger partial charge in [-0.25, -0.2) is 13.8 Å². The molecule has 1 aliphatic rings. The Bertz CT molecular complexity index is 999. The van der Waals surface area contributed by atoms with E-state index in [2.05, 4.69) is 20.0 Å². The van der Waals surface area contributed by atoms with E-state index >= 15 is 0 Å². The molecule has 1 saturated heterocycles. The normalized spacial score (nSPS) is 20.2. The number of thioether (sulfide) groups is 1. The lowest BCUT2D eigenvalue weighted by atomic mass is 10.2. The predicted octanol–water partition coefficient (Wildman–Crippen LogP) is 2.39. The molecule has 2 aromatic rings. The number of piperazine rings is 1. The third kappa shape index (κ3) is 5.56. The third-order valence-corrected chi connectivity index (χ3v) is 6.72. The summed E-state index contributed by atoms with van der Waals surface area (Å²) in [5, 5.41) is 3.44. The molecule has 8 nitrogen and oxygen atoms in total. The number of nitrogens with one attached hydrogen (secondary N) is 2. The van der Waals surface area contributed by atoms with Crippen molar-refractivity contribution in [3.05, 3.63) is 41.5 Å². The van der Waals surface area contributed by atoms with E-state index in [0.717, 1.165) is 17.8 Å². The van der Waals surface area contributed by atoms with Crippen LogP contribution in [0.15, 0.2) is 29.4 Å². The Balaban J connectivity index is 1.78. The van der Waals surface area contributed by atoms with Gasteiger partial charge in [0.2, 0.25) is 5.88 Å². The minimum atomic E-state index is -3.84. The van der Waals surface area contributed by atoms with Gasteiger partial charge in [-0.1, -0.05) is 23.9 Å². The maximum atomic E-state index is 13.9. The summed E-state index contributed by atoms with van der Waals surface area (Å²) < 4.78 is 61.8. The van der Waals surface area contributed by atoms with E-state index in [1.807, 2.05) is 13.8 Å². The van der Waals surface area contributed by atoms with Crippen LogP contribution in [-0.2, 0) is 16.0 Å². The Morgan fingerprint density at radius 2 is 1.97 bits per heavy atom. The summed E-state index contributed by atoms with van der Waals surface area (Å²) in [6.07, 6.45) is 0. The quantitative estimate of drug-likeness (QED) is 0.485. The van der Waals surface area contributed by atoms with Gasteiger partial charge in [-0.3, -0.25) is 4.72 Å². The second-order valence-electron chi connectivity index (χ2n) is 6.97. The van der Waals surface area contributed by atoms with E-state index in [-0.39, 0.29) is 40.3 Å². The summed E-state index contributed by atoms with van der Waals surface area (Å²) in [7, 11) is -2.45. The first-order valence-electron chi connectivity index (χ1n) is 9.20. The summed E-state index contributed by atoms with van der Waals surface area (Å²) in [5.74, 6) is -1.63. The third-order valence-electron chi connectivity index (χ3n) is 4.38. The van der Waals surface area contributed by atoms with Crippen LogP contribution in [0.4, 0.5) is 14.6 Å². The standard InChI is InChI=1S/C18H23F2N5O3S2/c1-11-8-25(9-12(2)21-11)30(26,27)24-15-7-16(28-3)23-18(22-15)29-10-13-5-4-6-14(19)17(13)20/h4-7,11-12,21H,8-10H2,1-3H3,(H,22,23,24)/t11-,12+. The SMILES string of the molecule is COc1cc(NS(=O)(=O)N2C[C@@H](C)N[C@@H](C)C2)nc(SCc2cccc(F)c2F)n1. The predicted molar refractivity (Wildman–Crippen MR) is 111 cm³/mol. The van der Waals surface area contributed by atoms with Crippen molar-refractivity contribution in [2.24, 2.45) is 0 Å². The fraction of sp³-hybridized carbons (Fsp3) is 0.444. The molecule has 2 atom stereocenters.